The number of benzene rings is 9. The summed E-state index contributed by atoms with van der Waals surface area (Å²) >= 11 is 0. The van der Waals surface area contributed by atoms with Crippen LogP contribution >= 0.6 is 0 Å². The Morgan fingerprint density at radius 2 is 1.05 bits per heavy atom. The van der Waals surface area contributed by atoms with Gasteiger partial charge >= 0.3 is 0 Å². The van der Waals surface area contributed by atoms with E-state index in [1.807, 2.05) is 77.7 Å². The average Bonchev–Trinajstić information content (AvgIpc) is 3.28. The van der Waals surface area contributed by atoms with Crippen LogP contribution in [0.1, 0.15) is 0 Å². The first kappa shape index (κ1) is 33.9. The van der Waals surface area contributed by atoms with E-state index in [4.69, 9.17) is 4.74 Å². The highest BCUT2D eigenvalue weighted by atomic mass is 19.1. The first-order valence-electron chi connectivity index (χ1n) is 19.4. The molecule has 0 aliphatic carbocycles. The monoisotopic (exact) mass is 750 g/mol. The summed E-state index contributed by atoms with van der Waals surface area (Å²) in [6, 6.07) is 65.7. The van der Waals surface area contributed by atoms with Crippen LogP contribution in [0.15, 0.2) is 200 Å². The minimum atomic E-state index is -0.525. The average molecular weight is 751 g/mol. The van der Waals surface area contributed by atoms with Crippen molar-refractivity contribution in [1.29, 1.82) is 0 Å². The fourth-order valence-corrected chi connectivity index (χ4v) is 8.92. The Morgan fingerprint density at radius 1 is 0.431 bits per heavy atom. The number of hydrogen-bond acceptors (Lipinski definition) is 3. The smallest absolute Gasteiger partial charge is 0.257 e. The molecule has 2 aliphatic heterocycles. The van der Waals surface area contributed by atoms with Crippen molar-refractivity contribution in [3.63, 3.8) is 0 Å². The van der Waals surface area contributed by atoms with E-state index < -0.39 is 11.6 Å². The summed E-state index contributed by atoms with van der Waals surface area (Å²) in [5.74, 6) is 0.390. The minimum absolute atomic E-state index is 0.130. The van der Waals surface area contributed by atoms with E-state index in [0.717, 1.165) is 72.5 Å². The van der Waals surface area contributed by atoms with Crippen LogP contribution in [-0.4, -0.2) is 6.71 Å². The number of anilines is 6. The number of para-hydroxylation sites is 2. The number of rotatable bonds is 6. The molecular formula is C52H33BF2N2O. The van der Waals surface area contributed by atoms with Gasteiger partial charge in [0.15, 0.2) is 0 Å². The maximum atomic E-state index is 16.7. The molecule has 11 rings (SSSR count). The van der Waals surface area contributed by atoms with Gasteiger partial charge in [-0.15, -0.1) is 0 Å². The van der Waals surface area contributed by atoms with Crippen LogP contribution in [0.4, 0.5) is 42.9 Å². The molecule has 2 heterocycles. The lowest BCUT2D eigenvalue weighted by Crippen LogP contribution is -2.59. The van der Waals surface area contributed by atoms with E-state index in [0.29, 0.717) is 11.3 Å². The second-order valence-corrected chi connectivity index (χ2v) is 14.7. The third-order valence-corrected chi connectivity index (χ3v) is 11.4. The van der Waals surface area contributed by atoms with Gasteiger partial charge in [0.1, 0.15) is 23.1 Å². The van der Waals surface area contributed by atoms with Crippen molar-refractivity contribution in [2.24, 2.45) is 0 Å². The Labute approximate surface area is 335 Å². The number of hydrogen-bond donors (Lipinski definition) is 0. The number of ether oxygens (including phenoxy) is 1. The highest BCUT2D eigenvalue weighted by Gasteiger charge is 2.44. The SMILES string of the molecule is Fc1cc(N2c3ccc(-c4ccccc4)cc3B3c4c(cccc42)Oc2cc(N(c4ccccc4)c4ccccc4)c4ccccc4c23)c(F)cc1-c1ccccc1. The zero-order valence-electron chi connectivity index (χ0n) is 31.2. The van der Waals surface area contributed by atoms with Gasteiger partial charge in [0.05, 0.1) is 11.4 Å². The second kappa shape index (κ2) is 13.6. The third kappa shape index (κ3) is 5.41. The van der Waals surface area contributed by atoms with Crippen LogP contribution in [0.25, 0.3) is 33.0 Å². The summed E-state index contributed by atoms with van der Waals surface area (Å²) in [6.45, 7) is -0.290. The molecule has 0 N–H and O–H groups in total. The lowest BCUT2D eigenvalue weighted by atomic mass is 9.33. The van der Waals surface area contributed by atoms with Crippen molar-refractivity contribution in [3.8, 4) is 33.8 Å². The van der Waals surface area contributed by atoms with Crippen LogP contribution in [-0.2, 0) is 0 Å². The predicted octanol–water partition coefficient (Wildman–Crippen LogP) is 12.3. The first-order valence-corrected chi connectivity index (χ1v) is 19.4. The Bertz CT molecular complexity index is 2980. The standard InChI is InChI=1S/C52H33BF2N2O/c54-43-32-48(44(55)31-41(43)35-18-7-2-8-19-35)57-45-29-28-36(34-16-5-1-6-17-34)30-42(45)53-51-40-25-14-13-24-39(40)47(33-50(51)58-49-27-15-26-46(57)52(49)53)56(37-20-9-3-10-21-37)38-22-11-4-12-23-38/h1-33H. The first-order chi connectivity index (χ1) is 28.6. The van der Waals surface area contributed by atoms with Crippen molar-refractivity contribution >= 4 is 68.0 Å². The molecule has 0 saturated heterocycles. The van der Waals surface area contributed by atoms with Gasteiger partial charge in [-0.1, -0.05) is 140 Å². The molecule has 0 atom stereocenters. The molecule has 274 valence electrons. The maximum Gasteiger partial charge on any atom is 0.257 e. The van der Waals surface area contributed by atoms with Crippen molar-refractivity contribution in [1.82, 2.24) is 0 Å². The summed E-state index contributed by atoms with van der Waals surface area (Å²) in [5, 5.41) is 2.11. The van der Waals surface area contributed by atoms with E-state index in [9.17, 15) is 0 Å². The molecule has 9 aromatic carbocycles. The predicted molar refractivity (Wildman–Crippen MR) is 235 cm³/mol. The number of nitrogens with zero attached hydrogens (tertiary/aromatic N) is 2. The summed E-state index contributed by atoms with van der Waals surface area (Å²) < 4.78 is 40.0. The van der Waals surface area contributed by atoms with E-state index in [2.05, 4.69) is 108 Å². The summed E-state index contributed by atoms with van der Waals surface area (Å²) in [6.07, 6.45) is 0. The fraction of sp³-hybridized carbons (Fsp3) is 0. The highest BCUT2D eigenvalue weighted by Crippen LogP contribution is 2.46. The topological polar surface area (TPSA) is 15.7 Å². The Hall–Kier alpha value is -7.44. The molecule has 0 radical (unpaired) electrons. The molecule has 9 aromatic rings. The number of fused-ring (bicyclic) bond motifs is 6. The normalized spacial score (nSPS) is 12.4. The van der Waals surface area contributed by atoms with Gasteiger partial charge < -0.3 is 14.5 Å². The second-order valence-electron chi connectivity index (χ2n) is 14.7. The van der Waals surface area contributed by atoms with E-state index in [-0.39, 0.29) is 18.0 Å². The molecule has 0 aromatic heterocycles. The van der Waals surface area contributed by atoms with Gasteiger partial charge in [-0.3, -0.25) is 0 Å². The molecule has 2 aliphatic rings. The summed E-state index contributed by atoms with van der Waals surface area (Å²) in [4.78, 5) is 4.14. The van der Waals surface area contributed by atoms with Crippen LogP contribution in [0, 0.1) is 11.6 Å². The molecule has 0 unspecified atom stereocenters. The molecule has 0 bridgehead atoms. The lowest BCUT2D eigenvalue weighted by molar-refractivity contribution is 0.488. The fourth-order valence-electron chi connectivity index (χ4n) is 8.92. The van der Waals surface area contributed by atoms with Gasteiger partial charge in [0, 0.05) is 45.8 Å². The molecule has 0 fully saturated rings. The lowest BCUT2D eigenvalue weighted by Gasteiger charge is -2.41. The molecule has 0 spiro atoms. The van der Waals surface area contributed by atoms with Crippen molar-refractivity contribution < 1.29 is 13.5 Å². The molecule has 58 heavy (non-hydrogen) atoms. The quantitative estimate of drug-likeness (QED) is 0.157. The summed E-state index contributed by atoms with van der Waals surface area (Å²) in [5.41, 5.74) is 10.5. The zero-order valence-corrected chi connectivity index (χ0v) is 31.2. The van der Waals surface area contributed by atoms with Crippen LogP contribution in [0.3, 0.4) is 0 Å². The van der Waals surface area contributed by atoms with Crippen molar-refractivity contribution in [3.05, 3.63) is 212 Å². The van der Waals surface area contributed by atoms with Crippen LogP contribution in [0.2, 0.25) is 0 Å². The summed E-state index contributed by atoms with van der Waals surface area (Å²) in [7, 11) is 0. The Balaban J connectivity index is 1.17. The molecular weight excluding hydrogens is 717 g/mol. The molecule has 6 heteroatoms. The highest BCUT2D eigenvalue weighted by molar-refractivity contribution is 7.00. The molecule has 3 nitrogen and oxygen atoms in total. The van der Waals surface area contributed by atoms with Gasteiger partial charge in [0.2, 0.25) is 0 Å². The molecule has 0 amide bonds. The maximum absolute atomic E-state index is 16.7. The van der Waals surface area contributed by atoms with E-state index in [1.165, 1.54) is 12.1 Å². The zero-order chi connectivity index (χ0) is 38.7. The third-order valence-electron chi connectivity index (χ3n) is 11.4. The van der Waals surface area contributed by atoms with Crippen molar-refractivity contribution in [2.75, 3.05) is 9.80 Å². The van der Waals surface area contributed by atoms with Gasteiger partial charge in [-0.2, -0.15) is 0 Å². The largest absolute Gasteiger partial charge is 0.458 e. The van der Waals surface area contributed by atoms with Gasteiger partial charge in [-0.05, 0) is 87.0 Å². The van der Waals surface area contributed by atoms with E-state index >= 15 is 8.78 Å². The Kier molecular flexibility index (Phi) is 7.97. The van der Waals surface area contributed by atoms with E-state index in [1.54, 1.807) is 12.1 Å². The van der Waals surface area contributed by atoms with Gasteiger partial charge in [-0.25, -0.2) is 8.78 Å². The van der Waals surface area contributed by atoms with Crippen LogP contribution in [0.5, 0.6) is 11.5 Å². The molecule has 0 saturated carbocycles. The minimum Gasteiger partial charge on any atom is -0.458 e. The number of halogens is 2. The van der Waals surface area contributed by atoms with Crippen molar-refractivity contribution in [2.45, 2.75) is 0 Å². The van der Waals surface area contributed by atoms with Gasteiger partial charge in [0.25, 0.3) is 6.71 Å². The van der Waals surface area contributed by atoms with Crippen LogP contribution < -0.4 is 30.9 Å². The Morgan fingerprint density at radius 3 is 1.74 bits per heavy atom.